The van der Waals surface area contributed by atoms with Gasteiger partial charge in [-0.3, -0.25) is 20.4 Å². The maximum absolute atomic E-state index is 12.8. The largest absolute Gasteiger partial charge is 0.353 e. The number of nitrogens with zero attached hydrogens (tertiary/aromatic N) is 3. The number of halogens is 1. The van der Waals surface area contributed by atoms with Gasteiger partial charge in [0.2, 0.25) is 0 Å². The van der Waals surface area contributed by atoms with E-state index in [0.717, 1.165) is 68.6 Å². The number of amides is 2. The molecule has 1 fully saturated rings. The number of rotatable bonds is 5. The number of nitrogens with one attached hydrogen (secondary N) is 2. The lowest BCUT2D eigenvalue weighted by atomic mass is 9.95. The van der Waals surface area contributed by atoms with Gasteiger partial charge in [-0.15, -0.1) is 0 Å². The van der Waals surface area contributed by atoms with Gasteiger partial charge in [0.1, 0.15) is 5.82 Å². The molecule has 5 aromatic rings. The molecular weight excluding hydrogens is 522 g/mol. The van der Waals surface area contributed by atoms with Gasteiger partial charge in [0, 0.05) is 45.9 Å². The average molecular weight is 550 g/mol. The summed E-state index contributed by atoms with van der Waals surface area (Å²) in [4.78, 5) is 34.0. The normalized spacial score (nSPS) is 13.6. The van der Waals surface area contributed by atoms with Gasteiger partial charge in [-0.1, -0.05) is 60.6 Å². The van der Waals surface area contributed by atoms with Crippen LogP contribution in [0.15, 0.2) is 85.5 Å². The van der Waals surface area contributed by atoms with Crippen LogP contribution in [-0.2, 0) is 4.79 Å². The molecule has 6 rings (SSSR count). The van der Waals surface area contributed by atoms with Gasteiger partial charge in [0.05, 0.1) is 5.52 Å². The first-order valence-electron chi connectivity index (χ1n) is 13.0. The third kappa shape index (κ3) is 4.53. The number of hydrogen-bond acceptors (Lipinski definition) is 5. The highest BCUT2D eigenvalue weighted by Gasteiger charge is 2.31. The topological polar surface area (TPSA) is 77.6 Å². The van der Waals surface area contributed by atoms with E-state index >= 15 is 0 Å². The summed E-state index contributed by atoms with van der Waals surface area (Å²) in [5.74, 6) is -0.0109. The van der Waals surface area contributed by atoms with Crippen LogP contribution in [0.2, 0.25) is 5.02 Å². The molecule has 1 saturated heterocycles. The van der Waals surface area contributed by atoms with E-state index in [1.54, 1.807) is 6.07 Å². The van der Waals surface area contributed by atoms with E-state index in [9.17, 15) is 9.59 Å². The third-order valence-electron chi connectivity index (χ3n) is 7.58. The van der Waals surface area contributed by atoms with E-state index < -0.39 is 11.8 Å². The number of hydrogen-bond donors (Lipinski definition) is 2. The number of hydrazine groups is 1. The fraction of sp³-hybridized carbons (Fsp3) is 0.156. The molecule has 0 atom stereocenters. The van der Waals surface area contributed by atoms with Crippen molar-refractivity contribution in [1.82, 2.24) is 20.7 Å². The quantitative estimate of drug-likeness (QED) is 0.170. The number of anilines is 1. The van der Waals surface area contributed by atoms with Crippen LogP contribution < -0.4 is 15.8 Å². The molecule has 0 aliphatic carbocycles. The lowest BCUT2D eigenvalue weighted by molar-refractivity contribution is -0.117. The molecule has 8 heteroatoms. The molecule has 2 N–H and O–H groups in total. The molecule has 200 valence electrons. The Morgan fingerprint density at radius 3 is 2.48 bits per heavy atom. The zero-order valence-corrected chi connectivity index (χ0v) is 23.0. The second-order valence-electron chi connectivity index (χ2n) is 10.2. The number of pyridine rings is 1. The van der Waals surface area contributed by atoms with Crippen molar-refractivity contribution in [2.24, 2.45) is 0 Å². The number of fused-ring (bicyclic) bond motifs is 4. The molecule has 40 heavy (non-hydrogen) atoms. The van der Waals surface area contributed by atoms with E-state index in [0.29, 0.717) is 16.6 Å². The molecule has 0 radical (unpaired) electrons. The van der Waals surface area contributed by atoms with Crippen LogP contribution in [0.25, 0.3) is 43.6 Å². The summed E-state index contributed by atoms with van der Waals surface area (Å²) in [7, 11) is 4.18. The Labute approximate surface area is 237 Å². The maximum atomic E-state index is 12.8. The highest BCUT2D eigenvalue weighted by atomic mass is 35.5. The predicted molar refractivity (Wildman–Crippen MR) is 163 cm³/mol. The first kappa shape index (κ1) is 25.8. The van der Waals surface area contributed by atoms with Crippen LogP contribution in [0.5, 0.6) is 0 Å². The minimum absolute atomic E-state index is 0.415. The zero-order valence-electron chi connectivity index (χ0n) is 22.2. The highest BCUT2D eigenvalue weighted by molar-refractivity contribution is 6.36. The second kappa shape index (κ2) is 10.3. The van der Waals surface area contributed by atoms with Crippen molar-refractivity contribution in [3.05, 3.63) is 96.0 Å². The minimum atomic E-state index is -0.486. The van der Waals surface area contributed by atoms with Crippen LogP contribution >= 0.6 is 11.6 Å². The first-order chi connectivity index (χ1) is 19.3. The molecule has 1 aromatic heterocycles. The molecule has 0 unspecified atom stereocenters. The standard InChI is InChI=1S/C32H28ClN5O2/c1-4-29(39)35-36-32(40)21-12-14-25-26(15-21)24-13-11-20(23-9-5-7-19-8-6-10-27(33)30(19)23)16-28(24)34-31(25)38-17-22(18-38)37(2)3/h4-16,22H,1,17-18H2,2-3H3,(H,35,39)(H,36,40). The average Bonchev–Trinajstić information content (AvgIpc) is 2.94. The monoisotopic (exact) mass is 549 g/mol. The third-order valence-corrected chi connectivity index (χ3v) is 7.89. The van der Waals surface area contributed by atoms with Crippen molar-refractivity contribution < 1.29 is 9.59 Å². The molecule has 1 aliphatic rings. The Balaban J connectivity index is 1.51. The summed E-state index contributed by atoms with van der Waals surface area (Å²) < 4.78 is 0. The molecule has 0 bridgehead atoms. The fourth-order valence-corrected chi connectivity index (χ4v) is 5.55. The van der Waals surface area contributed by atoms with E-state index in [1.807, 2.05) is 30.3 Å². The lowest BCUT2D eigenvalue weighted by Crippen LogP contribution is -2.57. The van der Waals surface area contributed by atoms with Crippen molar-refractivity contribution in [2.45, 2.75) is 6.04 Å². The Bertz CT molecular complexity index is 1820. The van der Waals surface area contributed by atoms with Gasteiger partial charge in [0.25, 0.3) is 11.8 Å². The summed E-state index contributed by atoms with van der Waals surface area (Å²) in [5.41, 5.74) is 8.08. The Hall–Kier alpha value is -4.46. The van der Waals surface area contributed by atoms with Crippen LogP contribution in [0.1, 0.15) is 10.4 Å². The predicted octanol–water partition coefficient (Wildman–Crippen LogP) is 5.56. The van der Waals surface area contributed by atoms with Gasteiger partial charge in [0.15, 0.2) is 0 Å². The van der Waals surface area contributed by atoms with E-state index in [4.69, 9.17) is 16.6 Å². The molecular formula is C32H28ClN5O2. The summed E-state index contributed by atoms with van der Waals surface area (Å²) in [6.45, 7) is 5.15. The Morgan fingerprint density at radius 1 is 0.975 bits per heavy atom. The molecule has 2 amide bonds. The van der Waals surface area contributed by atoms with E-state index in [1.165, 1.54) is 0 Å². The molecule has 4 aromatic carbocycles. The minimum Gasteiger partial charge on any atom is -0.353 e. The lowest BCUT2D eigenvalue weighted by Gasteiger charge is -2.44. The summed E-state index contributed by atoms with van der Waals surface area (Å²) >= 11 is 6.65. The van der Waals surface area contributed by atoms with Crippen molar-refractivity contribution in [3.8, 4) is 11.1 Å². The SMILES string of the molecule is C=CC(=O)NNC(=O)c1ccc2c(N3CC(N(C)C)C3)nc3cc(-c4cccc5cccc(Cl)c45)ccc3c2c1. The molecule has 0 saturated carbocycles. The van der Waals surface area contributed by atoms with Crippen molar-refractivity contribution in [1.29, 1.82) is 0 Å². The van der Waals surface area contributed by atoms with Gasteiger partial charge >= 0.3 is 0 Å². The summed E-state index contributed by atoms with van der Waals surface area (Å²) in [6.07, 6.45) is 1.10. The Kier molecular flexibility index (Phi) is 6.62. The fourth-order valence-electron chi connectivity index (χ4n) is 5.27. The number of carbonyl (C=O) groups is 2. The molecule has 7 nitrogen and oxygen atoms in total. The molecule has 2 heterocycles. The first-order valence-corrected chi connectivity index (χ1v) is 13.4. The Morgan fingerprint density at radius 2 is 1.73 bits per heavy atom. The van der Waals surface area contributed by atoms with Crippen LogP contribution in [0.4, 0.5) is 5.82 Å². The van der Waals surface area contributed by atoms with Gasteiger partial charge in [-0.25, -0.2) is 4.98 Å². The second-order valence-corrected chi connectivity index (χ2v) is 10.6. The summed E-state index contributed by atoms with van der Waals surface area (Å²) in [6, 6.07) is 24.3. The van der Waals surface area contributed by atoms with E-state index in [2.05, 4.69) is 77.7 Å². The maximum Gasteiger partial charge on any atom is 0.269 e. The van der Waals surface area contributed by atoms with Gasteiger partial charge < -0.3 is 9.80 Å². The number of aromatic nitrogens is 1. The highest BCUT2D eigenvalue weighted by Crippen LogP contribution is 2.38. The zero-order chi connectivity index (χ0) is 28.0. The number of likely N-dealkylation sites (N-methyl/N-ethyl adjacent to an activating group) is 1. The van der Waals surface area contributed by atoms with Crippen molar-refractivity contribution in [3.63, 3.8) is 0 Å². The van der Waals surface area contributed by atoms with Crippen LogP contribution in [0.3, 0.4) is 0 Å². The number of carbonyl (C=O) groups excluding carboxylic acids is 2. The van der Waals surface area contributed by atoms with Gasteiger partial charge in [-0.05, 0) is 72.4 Å². The van der Waals surface area contributed by atoms with Crippen molar-refractivity contribution in [2.75, 3.05) is 32.1 Å². The molecule has 1 aliphatic heterocycles. The van der Waals surface area contributed by atoms with E-state index in [-0.39, 0.29) is 0 Å². The van der Waals surface area contributed by atoms with Crippen LogP contribution in [-0.4, -0.2) is 54.9 Å². The number of benzene rings is 4. The van der Waals surface area contributed by atoms with Crippen molar-refractivity contribution >= 4 is 61.7 Å². The van der Waals surface area contributed by atoms with Crippen LogP contribution in [0, 0.1) is 0 Å². The summed E-state index contributed by atoms with van der Waals surface area (Å²) in [5, 5.41) is 5.60. The van der Waals surface area contributed by atoms with Gasteiger partial charge in [-0.2, -0.15) is 0 Å². The molecule has 0 spiro atoms. The smallest absolute Gasteiger partial charge is 0.269 e.